The zero-order chi connectivity index (χ0) is 16.4. The Balaban J connectivity index is 1.80. The smallest absolute Gasteiger partial charge is 0.265 e. The summed E-state index contributed by atoms with van der Waals surface area (Å²) in [6.07, 6.45) is 1.72. The van der Waals surface area contributed by atoms with Gasteiger partial charge in [-0.1, -0.05) is 31.2 Å². The van der Waals surface area contributed by atoms with Crippen molar-refractivity contribution in [2.75, 3.05) is 17.4 Å². The molecule has 5 nitrogen and oxygen atoms in total. The summed E-state index contributed by atoms with van der Waals surface area (Å²) in [5.74, 6) is -0.0285. The number of rotatable bonds is 6. The summed E-state index contributed by atoms with van der Waals surface area (Å²) in [6.45, 7) is 2.97. The fourth-order valence-electron chi connectivity index (χ4n) is 2.94. The van der Waals surface area contributed by atoms with Crippen molar-refractivity contribution < 1.29 is 13.2 Å². The maximum atomic E-state index is 12.7. The van der Waals surface area contributed by atoms with E-state index in [-0.39, 0.29) is 5.91 Å². The van der Waals surface area contributed by atoms with E-state index in [9.17, 15) is 13.2 Å². The molecule has 2 aromatic carbocycles. The first-order valence-corrected chi connectivity index (χ1v) is 9.31. The molecule has 1 heterocycles. The fourth-order valence-corrected chi connectivity index (χ4v) is 4.68. The molecule has 0 spiro atoms. The second kappa shape index (κ2) is 6.20. The molecule has 0 fully saturated rings. The molecule has 0 saturated carbocycles. The lowest BCUT2D eigenvalue weighted by atomic mass is 10.1. The molecule has 0 radical (unpaired) electrons. The van der Waals surface area contributed by atoms with E-state index in [2.05, 4.69) is 5.32 Å². The lowest BCUT2D eigenvalue weighted by Gasteiger charge is -2.18. The molecule has 23 heavy (non-hydrogen) atoms. The zero-order valence-corrected chi connectivity index (χ0v) is 13.9. The van der Waals surface area contributed by atoms with Gasteiger partial charge in [0.1, 0.15) is 0 Å². The summed E-state index contributed by atoms with van der Waals surface area (Å²) < 4.78 is 26.9. The second-order valence-corrected chi connectivity index (χ2v) is 7.49. The number of anilines is 1. The first kappa shape index (κ1) is 15.8. The second-order valence-electron chi connectivity index (χ2n) is 5.66. The number of amides is 1. The molecule has 1 aliphatic rings. The number of nitrogens with zero attached hydrogens (tertiary/aromatic N) is 1. The minimum absolute atomic E-state index is 0.0285. The number of sulfonamides is 1. The highest BCUT2D eigenvalue weighted by Gasteiger charge is 2.34. The number of nitrogens with one attached hydrogen (secondary N) is 1. The van der Waals surface area contributed by atoms with Crippen molar-refractivity contribution in [3.8, 4) is 0 Å². The number of benzene rings is 2. The Morgan fingerprint density at radius 3 is 2.65 bits per heavy atom. The highest BCUT2D eigenvalue weighted by Crippen LogP contribution is 2.41. The van der Waals surface area contributed by atoms with Crippen LogP contribution in [-0.4, -0.2) is 27.4 Å². The van der Waals surface area contributed by atoms with E-state index in [1.54, 1.807) is 12.1 Å². The molecule has 1 aliphatic heterocycles. The molecule has 3 rings (SSSR count). The summed E-state index contributed by atoms with van der Waals surface area (Å²) in [4.78, 5) is 12.0. The highest BCUT2D eigenvalue weighted by molar-refractivity contribution is 7.93. The summed E-state index contributed by atoms with van der Waals surface area (Å²) in [5.41, 5.74) is 0.715. The molecular weight excluding hydrogens is 312 g/mol. The van der Waals surface area contributed by atoms with Gasteiger partial charge in [-0.2, -0.15) is 0 Å². The van der Waals surface area contributed by atoms with E-state index in [1.807, 2.05) is 31.2 Å². The number of hydrogen-bond acceptors (Lipinski definition) is 3. The fraction of sp³-hybridized carbons (Fsp3) is 0.353. The van der Waals surface area contributed by atoms with Gasteiger partial charge < -0.3 is 5.32 Å². The van der Waals surface area contributed by atoms with E-state index in [0.29, 0.717) is 36.5 Å². The van der Waals surface area contributed by atoms with E-state index in [0.717, 1.165) is 17.2 Å². The highest BCUT2D eigenvalue weighted by atomic mass is 32.2. The predicted molar refractivity (Wildman–Crippen MR) is 91.0 cm³/mol. The topological polar surface area (TPSA) is 66.5 Å². The van der Waals surface area contributed by atoms with Gasteiger partial charge in [0.05, 0.1) is 10.6 Å². The normalized spacial score (nSPS) is 15.1. The van der Waals surface area contributed by atoms with E-state index in [1.165, 1.54) is 4.31 Å². The van der Waals surface area contributed by atoms with E-state index < -0.39 is 10.0 Å². The maximum Gasteiger partial charge on any atom is 0.265 e. The maximum absolute atomic E-state index is 12.7. The van der Waals surface area contributed by atoms with Gasteiger partial charge in [0.25, 0.3) is 10.0 Å². The van der Waals surface area contributed by atoms with Crippen molar-refractivity contribution in [1.82, 2.24) is 5.32 Å². The monoisotopic (exact) mass is 332 g/mol. The summed E-state index contributed by atoms with van der Waals surface area (Å²) in [6, 6.07) is 10.9. The van der Waals surface area contributed by atoms with Gasteiger partial charge in [0.2, 0.25) is 5.91 Å². The number of carbonyl (C=O) groups excluding carboxylic acids is 1. The molecular formula is C17H20N2O3S. The third-order valence-corrected chi connectivity index (χ3v) is 5.87. The van der Waals surface area contributed by atoms with Crippen LogP contribution in [0.15, 0.2) is 41.3 Å². The molecule has 2 aromatic rings. The molecule has 0 aromatic heterocycles. The molecule has 0 unspecified atom stereocenters. The lowest BCUT2D eigenvalue weighted by molar-refractivity contribution is -0.121. The Morgan fingerprint density at radius 2 is 1.91 bits per heavy atom. The van der Waals surface area contributed by atoms with E-state index in [4.69, 9.17) is 0 Å². The van der Waals surface area contributed by atoms with Gasteiger partial charge in [-0.3, -0.25) is 9.10 Å². The third-order valence-electron chi connectivity index (χ3n) is 4.02. The van der Waals surface area contributed by atoms with Crippen LogP contribution in [0.3, 0.4) is 0 Å². The standard InChI is InChI=1S/C17H20N2O3S/c1-2-11-18-16(20)10-5-12-19-14-8-3-6-13-7-4-9-15(17(13)14)23(19,21)22/h3-4,6-9H,2,5,10-12H2,1H3,(H,18,20). The van der Waals surface area contributed by atoms with Gasteiger partial charge in [-0.05, 0) is 30.4 Å². The van der Waals surface area contributed by atoms with Crippen LogP contribution in [0.2, 0.25) is 0 Å². The Kier molecular flexibility index (Phi) is 4.26. The Morgan fingerprint density at radius 1 is 1.17 bits per heavy atom. The van der Waals surface area contributed by atoms with Gasteiger partial charge in [0.15, 0.2) is 0 Å². The number of hydrogen-bond donors (Lipinski definition) is 1. The van der Waals surface area contributed by atoms with Gasteiger partial charge >= 0.3 is 0 Å². The van der Waals surface area contributed by atoms with Crippen molar-refractivity contribution in [1.29, 1.82) is 0 Å². The van der Waals surface area contributed by atoms with Crippen molar-refractivity contribution in [3.63, 3.8) is 0 Å². The van der Waals surface area contributed by atoms with Crippen LogP contribution in [0.5, 0.6) is 0 Å². The Bertz CT molecular complexity index is 841. The summed E-state index contributed by atoms with van der Waals surface area (Å²) >= 11 is 0. The van der Waals surface area contributed by atoms with Crippen molar-refractivity contribution >= 4 is 32.4 Å². The summed E-state index contributed by atoms with van der Waals surface area (Å²) in [5, 5.41) is 4.51. The zero-order valence-electron chi connectivity index (χ0n) is 13.1. The average Bonchev–Trinajstić information content (AvgIpc) is 2.76. The molecule has 1 N–H and O–H groups in total. The molecule has 1 amide bonds. The van der Waals surface area contributed by atoms with Crippen molar-refractivity contribution in [3.05, 3.63) is 36.4 Å². The van der Waals surface area contributed by atoms with Crippen LogP contribution < -0.4 is 9.62 Å². The minimum Gasteiger partial charge on any atom is -0.356 e. The largest absolute Gasteiger partial charge is 0.356 e. The SMILES string of the molecule is CCCNC(=O)CCCN1c2cccc3cccc(c23)S1(=O)=O. The minimum atomic E-state index is -3.51. The Hall–Kier alpha value is -2.08. The van der Waals surface area contributed by atoms with Crippen molar-refractivity contribution in [2.24, 2.45) is 0 Å². The quantitative estimate of drug-likeness (QED) is 0.884. The lowest BCUT2D eigenvalue weighted by Crippen LogP contribution is -2.30. The van der Waals surface area contributed by atoms with Crippen LogP contribution in [0.25, 0.3) is 10.8 Å². The summed E-state index contributed by atoms with van der Waals surface area (Å²) in [7, 11) is -3.51. The molecule has 6 heteroatoms. The van der Waals surface area contributed by atoms with E-state index >= 15 is 0 Å². The predicted octanol–water partition coefficient (Wildman–Crippen LogP) is 2.65. The van der Waals surface area contributed by atoms with Crippen LogP contribution in [0.1, 0.15) is 26.2 Å². The first-order chi connectivity index (χ1) is 11.1. The molecule has 0 aliphatic carbocycles. The van der Waals surface area contributed by atoms with Gasteiger partial charge in [-0.15, -0.1) is 0 Å². The van der Waals surface area contributed by atoms with Crippen LogP contribution in [-0.2, 0) is 14.8 Å². The Labute approximate surface area is 136 Å². The molecule has 0 saturated heterocycles. The molecule has 122 valence electrons. The van der Waals surface area contributed by atoms with Crippen molar-refractivity contribution in [2.45, 2.75) is 31.1 Å². The molecule has 0 bridgehead atoms. The van der Waals surface area contributed by atoms with Crippen LogP contribution in [0, 0.1) is 0 Å². The first-order valence-electron chi connectivity index (χ1n) is 7.87. The van der Waals surface area contributed by atoms with Gasteiger partial charge in [-0.25, -0.2) is 8.42 Å². The average molecular weight is 332 g/mol. The van der Waals surface area contributed by atoms with Crippen LogP contribution >= 0.6 is 0 Å². The third kappa shape index (κ3) is 2.79. The van der Waals surface area contributed by atoms with Crippen LogP contribution in [0.4, 0.5) is 5.69 Å². The van der Waals surface area contributed by atoms with Gasteiger partial charge in [0, 0.05) is 24.9 Å². The number of carbonyl (C=O) groups is 1. The molecule has 0 atom stereocenters.